The van der Waals surface area contributed by atoms with E-state index in [1.165, 1.54) is 16.9 Å². The van der Waals surface area contributed by atoms with Gasteiger partial charge >= 0.3 is 5.97 Å². The molecule has 0 spiro atoms. The molecule has 0 amide bonds. The molecule has 0 atom stereocenters. The van der Waals surface area contributed by atoms with Gasteiger partial charge in [0.15, 0.2) is 0 Å². The summed E-state index contributed by atoms with van der Waals surface area (Å²) in [7, 11) is 0. The number of benzene rings is 1. The molecule has 1 aromatic carbocycles. The maximum Gasteiger partial charge on any atom is 0.345 e. The molecule has 1 aromatic heterocycles. The first-order valence-corrected chi connectivity index (χ1v) is 6.36. The number of hydrogen-bond donors (Lipinski definition) is 1. The SMILES string of the molecule is CCc1ccc(-c2cc(C(=O)O)sc2C)cc1. The average Bonchev–Trinajstić information content (AvgIpc) is 2.72. The number of thiophene rings is 1. The Bertz CT molecular complexity index is 538. The Morgan fingerprint density at radius 2 is 1.94 bits per heavy atom. The van der Waals surface area contributed by atoms with Crippen LogP contribution in [0.2, 0.25) is 0 Å². The van der Waals surface area contributed by atoms with Crippen molar-refractivity contribution in [1.82, 2.24) is 0 Å². The second-order valence-electron chi connectivity index (χ2n) is 3.94. The maximum absolute atomic E-state index is 10.9. The molecule has 0 aliphatic rings. The summed E-state index contributed by atoms with van der Waals surface area (Å²) in [4.78, 5) is 12.4. The molecule has 88 valence electrons. The predicted octanol–water partition coefficient (Wildman–Crippen LogP) is 3.98. The Hall–Kier alpha value is -1.61. The lowest BCUT2D eigenvalue weighted by Gasteiger charge is -2.01. The number of rotatable bonds is 3. The molecule has 2 nitrogen and oxygen atoms in total. The smallest absolute Gasteiger partial charge is 0.345 e. The standard InChI is InChI=1S/C14H14O2S/c1-3-10-4-6-11(7-5-10)12-8-13(14(15)16)17-9(12)2/h4-8H,3H2,1-2H3,(H,15,16). The van der Waals surface area contributed by atoms with Gasteiger partial charge in [-0.15, -0.1) is 11.3 Å². The first-order valence-electron chi connectivity index (χ1n) is 5.55. The Balaban J connectivity index is 2.41. The molecule has 2 rings (SSSR count). The summed E-state index contributed by atoms with van der Waals surface area (Å²) in [5, 5.41) is 8.96. The number of aromatic carboxylic acids is 1. The summed E-state index contributed by atoms with van der Waals surface area (Å²) < 4.78 is 0. The van der Waals surface area contributed by atoms with Crippen LogP contribution in [0.1, 0.15) is 27.0 Å². The van der Waals surface area contributed by atoms with E-state index < -0.39 is 5.97 Å². The highest BCUT2D eigenvalue weighted by Crippen LogP contribution is 2.31. The molecular weight excluding hydrogens is 232 g/mol. The van der Waals surface area contributed by atoms with Gasteiger partial charge in [0.25, 0.3) is 0 Å². The van der Waals surface area contributed by atoms with Crippen LogP contribution in [0.15, 0.2) is 30.3 Å². The van der Waals surface area contributed by atoms with E-state index in [9.17, 15) is 4.79 Å². The summed E-state index contributed by atoms with van der Waals surface area (Å²) >= 11 is 1.33. The molecule has 1 N–H and O–H groups in total. The zero-order valence-electron chi connectivity index (χ0n) is 9.86. The van der Waals surface area contributed by atoms with Crippen molar-refractivity contribution >= 4 is 17.3 Å². The normalized spacial score (nSPS) is 10.5. The second kappa shape index (κ2) is 4.72. The van der Waals surface area contributed by atoms with E-state index >= 15 is 0 Å². The molecule has 17 heavy (non-hydrogen) atoms. The molecule has 3 heteroatoms. The van der Waals surface area contributed by atoms with E-state index in [-0.39, 0.29) is 0 Å². The lowest BCUT2D eigenvalue weighted by molar-refractivity contribution is 0.0702. The first kappa shape index (κ1) is 11.9. The summed E-state index contributed by atoms with van der Waals surface area (Å²) in [6.07, 6.45) is 1.02. The molecule has 1 heterocycles. The molecule has 0 aliphatic carbocycles. The highest BCUT2D eigenvalue weighted by Gasteiger charge is 2.12. The van der Waals surface area contributed by atoms with Crippen molar-refractivity contribution in [1.29, 1.82) is 0 Å². The molecule has 0 saturated carbocycles. The lowest BCUT2D eigenvalue weighted by Crippen LogP contribution is -1.90. The summed E-state index contributed by atoms with van der Waals surface area (Å²) in [6.45, 7) is 4.08. The summed E-state index contributed by atoms with van der Waals surface area (Å²) in [6, 6.07) is 10.0. The van der Waals surface area contributed by atoms with E-state index in [2.05, 4.69) is 31.2 Å². The van der Waals surface area contributed by atoms with Crippen LogP contribution in [0.25, 0.3) is 11.1 Å². The monoisotopic (exact) mass is 246 g/mol. The molecular formula is C14H14O2S. The quantitative estimate of drug-likeness (QED) is 0.889. The summed E-state index contributed by atoms with van der Waals surface area (Å²) in [5.41, 5.74) is 3.40. The molecule has 0 aliphatic heterocycles. The minimum absolute atomic E-state index is 0.400. The van der Waals surface area contributed by atoms with Crippen LogP contribution < -0.4 is 0 Å². The minimum Gasteiger partial charge on any atom is -0.477 e. The van der Waals surface area contributed by atoms with Crippen LogP contribution in [0, 0.1) is 6.92 Å². The maximum atomic E-state index is 10.9. The van der Waals surface area contributed by atoms with Gasteiger partial charge in [0, 0.05) is 4.88 Å². The van der Waals surface area contributed by atoms with Crippen molar-refractivity contribution in [2.75, 3.05) is 0 Å². The van der Waals surface area contributed by atoms with Crippen molar-refractivity contribution in [3.05, 3.63) is 45.6 Å². The van der Waals surface area contributed by atoms with Crippen molar-refractivity contribution in [3.8, 4) is 11.1 Å². The Labute approximate surface area is 105 Å². The average molecular weight is 246 g/mol. The Morgan fingerprint density at radius 3 is 2.41 bits per heavy atom. The number of carboxylic acid groups (broad SMARTS) is 1. The van der Waals surface area contributed by atoms with E-state index in [1.54, 1.807) is 6.07 Å². The zero-order chi connectivity index (χ0) is 12.4. The van der Waals surface area contributed by atoms with Crippen molar-refractivity contribution < 1.29 is 9.90 Å². The van der Waals surface area contributed by atoms with E-state index in [0.29, 0.717) is 4.88 Å². The van der Waals surface area contributed by atoms with E-state index in [1.807, 2.05) is 6.92 Å². The van der Waals surface area contributed by atoms with Crippen molar-refractivity contribution in [2.45, 2.75) is 20.3 Å². The highest BCUT2D eigenvalue weighted by molar-refractivity contribution is 7.14. The number of carboxylic acids is 1. The van der Waals surface area contributed by atoms with Gasteiger partial charge in [-0.2, -0.15) is 0 Å². The van der Waals surface area contributed by atoms with Crippen LogP contribution in [-0.4, -0.2) is 11.1 Å². The van der Waals surface area contributed by atoms with Gasteiger partial charge in [-0.05, 0) is 36.1 Å². The van der Waals surface area contributed by atoms with Crippen LogP contribution in [0.3, 0.4) is 0 Å². The minimum atomic E-state index is -0.852. The van der Waals surface area contributed by atoms with Crippen molar-refractivity contribution in [3.63, 3.8) is 0 Å². The fourth-order valence-electron chi connectivity index (χ4n) is 1.79. The first-order chi connectivity index (χ1) is 8.11. The van der Waals surface area contributed by atoms with Crippen LogP contribution in [0.5, 0.6) is 0 Å². The van der Waals surface area contributed by atoms with Gasteiger partial charge in [0.1, 0.15) is 4.88 Å². The van der Waals surface area contributed by atoms with Crippen LogP contribution >= 0.6 is 11.3 Å². The molecule has 0 unspecified atom stereocenters. The fraction of sp³-hybridized carbons (Fsp3) is 0.214. The topological polar surface area (TPSA) is 37.3 Å². The third kappa shape index (κ3) is 2.39. The second-order valence-corrected chi connectivity index (χ2v) is 5.19. The number of aryl methyl sites for hydroxylation is 2. The lowest BCUT2D eigenvalue weighted by atomic mass is 10.0. The van der Waals surface area contributed by atoms with Crippen molar-refractivity contribution in [2.24, 2.45) is 0 Å². The zero-order valence-corrected chi connectivity index (χ0v) is 10.7. The van der Waals surface area contributed by atoms with E-state index in [0.717, 1.165) is 22.4 Å². The van der Waals surface area contributed by atoms with Gasteiger partial charge < -0.3 is 5.11 Å². The third-order valence-corrected chi connectivity index (χ3v) is 3.84. The highest BCUT2D eigenvalue weighted by atomic mass is 32.1. The van der Waals surface area contributed by atoms with Gasteiger partial charge in [-0.25, -0.2) is 4.79 Å². The van der Waals surface area contributed by atoms with Crippen LogP contribution in [-0.2, 0) is 6.42 Å². The van der Waals surface area contributed by atoms with Gasteiger partial charge in [-0.1, -0.05) is 31.2 Å². The Morgan fingerprint density at radius 1 is 1.29 bits per heavy atom. The van der Waals surface area contributed by atoms with Gasteiger partial charge in [0.2, 0.25) is 0 Å². The molecule has 2 aromatic rings. The predicted molar refractivity (Wildman–Crippen MR) is 70.8 cm³/mol. The molecule has 0 saturated heterocycles. The van der Waals surface area contributed by atoms with Gasteiger partial charge in [-0.3, -0.25) is 0 Å². The fourth-order valence-corrected chi connectivity index (χ4v) is 2.67. The number of hydrogen-bond acceptors (Lipinski definition) is 2. The summed E-state index contributed by atoms with van der Waals surface area (Å²) in [5.74, 6) is -0.852. The van der Waals surface area contributed by atoms with E-state index in [4.69, 9.17) is 5.11 Å². The van der Waals surface area contributed by atoms with Gasteiger partial charge in [0.05, 0.1) is 0 Å². The number of carbonyl (C=O) groups is 1. The molecule has 0 radical (unpaired) electrons. The molecule has 0 bridgehead atoms. The largest absolute Gasteiger partial charge is 0.477 e. The Kier molecular flexibility index (Phi) is 3.29. The third-order valence-electron chi connectivity index (χ3n) is 2.80. The van der Waals surface area contributed by atoms with Crippen LogP contribution in [0.4, 0.5) is 0 Å². The molecule has 0 fully saturated rings.